The fourth-order valence-corrected chi connectivity index (χ4v) is 4.96. The molecule has 3 amide bonds. The average Bonchev–Trinajstić information content (AvgIpc) is 3.63. The van der Waals surface area contributed by atoms with Crippen LogP contribution in [0.1, 0.15) is 24.0 Å². The zero-order valence-corrected chi connectivity index (χ0v) is 22.6. The Bertz CT molecular complexity index is 1350. The molecule has 1 saturated heterocycles. The summed E-state index contributed by atoms with van der Waals surface area (Å²) in [6.07, 6.45) is 3.41. The zero-order chi connectivity index (χ0) is 28.6. The van der Waals surface area contributed by atoms with Crippen LogP contribution in [0.2, 0.25) is 0 Å². The molecular weight excluding hydrogens is 534 g/mol. The SMILES string of the molecule is O=C(O)C(CS)NC(=O)C(Cc1c[nH]c2ccccc12)NC(=O)C(Cc1ccc(O)cc1)NC(=O)C1CCCN1. The fraction of sp³-hybridized carbons (Fsp3) is 0.357. The van der Waals surface area contributed by atoms with Crippen molar-refractivity contribution in [1.29, 1.82) is 0 Å². The second-order valence-corrected chi connectivity index (χ2v) is 10.2. The molecule has 3 aromatic rings. The minimum atomic E-state index is -1.25. The van der Waals surface area contributed by atoms with Gasteiger partial charge < -0.3 is 36.5 Å². The molecule has 40 heavy (non-hydrogen) atoms. The van der Waals surface area contributed by atoms with Crippen molar-refractivity contribution in [2.45, 2.75) is 49.9 Å². The number of thiol groups is 1. The number of benzene rings is 2. The van der Waals surface area contributed by atoms with Crippen LogP contribution in [-0.2, 0) is 32.0 Å². The quantitative estimate of drug-likeness (QED) is 0.150. The molecule has 0 bridgehead atoms. The van der Waals surface area contributed by atoms with Crippen LogP contribution >= 0.6 is 12.6 Å². The number of hydrogen-bond acceptors (Lipinski definition) is 7. The van der Waals surface area contributed by atoms with E-state index in [2.05, 4.69) is 38.9 Å². The van der Waals surface area contributed by atoms with Gasteiger partial charge in [0.1, 0.15) is 23.9 Å². The van der Waals surface area contributed by atoms with Crippen LogP contribution < -0.4 is 21.3 Å². The maximum Gasteiger partial charge on any atom is 0.327 e. The summed E-state index contributed by atoms with van der Waals surface area (Å²) in [6, 6.07) is 9.92. The third kappa shape index (κ3) is 7.33. The van der Waals surface area contributed by atoms with E-state index in [0.717, 1.165) is 22.9 Å². The molecule has 0 spiro atoms. The smallest absolute Gasteiger partial charge is 0.327 e. The Balaban J connectivity index is 1.58. The summed E-state index contributed by atoms with van der Waals surface area (Å²) in [5.41, 5.74) is 2.29. The average molecular weight is 568 g/mol. The number of aliphatic carboxylic acids is 1. The highest BCUT2D eigenvalue weighted by molar-refractivity contribution is 7.80. The number of carboxylic acids is 1. The second kappa shape index (κ2) is 13.4. The van der Waals surface area contributed by atoms with Gasteiger partial charge in [0.25, 0.3) is 0 Å². The molecule has 0 saturated carbocycles. The molecule has 1 aliphatic heterocycles. The molecular formula is C28H33N5O6S. The summed E-state index contributed by atoms with van der Waals surface area (Å²) in [7, 11) is 0. The van der Waals surface area contributed by atoms with E-state index in [9.17, 15) is 29.4 Å². The lowest BCUT2D eigenvalue weighted by Crippen LogP contribution is -2.58. The van der Waals surface area contributed by atoms with Gasteiger partial charge in [0.15, 0.2) is 0 Å². The predicted molar refractivity (Wildman–Crippen MR) is 152 cm³/mol. The van der Waals surface area contributed by atoms with Gasteiger partial charge in [-0.15, -0.1) is 0 Å². The van der Waals surface area contributed by atoms with Crippen molar-refractivity contribution >= 4 is 47.2 Å². The number of amides is 3. The van der Waals surface area contributed by atoms with E-state index in [-0.39, 0.29) is 30.3 Å². The van der Waals surface area contributed by atoms with E-state index in [1.54, 1.807) is 18.3 Å². The topological polar surface area (TPSA) is 173 Å². The number of aromatic amines is 1. The largest absolute Gasteiger partial charge is 0.508 e. The van der Waals surface area contributed by atoms with Gasteiger partial charge in [0.2, 0.25) is 17.7 Å². The van der Waals surface area contributed by atoms with Gasteiger partial charge in [-0.05, 0) is 48.7 Å². The maximum absolute atomic E-state index is 13.6. The first-order chi connectivity index (χ1) is 19.2. The number of aromatic nitrogens is 1. The Morgan fingerprint density at radius 2 is 1.60 bits per heavy atom. The summed E-state index contributed by atoms with van der Waals surface area (Å²) in [5.74, 6) is -2.93. The first-order valence-corrected chi connectivity index (χ1v) is 13.7. The molecule has 1 aromatic heterocycles. The van der Waals surface area contributed by atoms with Gasteiger partial charge in [-0.2, -0.15) is 12.6 Å². The van der Waals surface area contributed by atoms with E-state index >= 15 is 0 Å². The summed E-state index contributed by atoms with van der Waals surface area (Å²) >= 11 is 4.02. The first-order valence-electron chi connectivity index (χ1n) is 13.1. The Morgan fingerprint density at radius 3 is 2.25 bits per heavy atom. The van der Waals surface area contributed by atoms with Gasteiger partial charge in [-0.25, -0.2) is 4.79 Å². The lowest BCUT2D eigenvalue weighted by molar-refractivity contribution is -0.141. The number of carbonyl (C=O) groups excluding carboxylic acids is 3. The molecule has 12 heteroatoms. The van der Waals surface area contributed by atoms with E-state index in [1.807, 2.05) is 24.3 Å². The van der Waals surface area contributed by atoms with Crippen molar-refractivity contribution in [3.8, 4) is 5.75 Å². The van der Waals surface area contributed by atoms with Gasteiger partial charge in [-0.3, -0.25) is 14.4 Å². The number of phenolic OH excluding ortho intramolecular Hbond substituents is 1. The maximum atomic E-state index is 13.6. The van der Waals surface area contributed by atoms with E-state index in [4.69, 9.17) is 0 Å². The molecule has 7 N–H and O–H groups in total. The summed E-state index contributed by atoms with van der Waals surface area (Å²) in [6.45, 7) is 0.704. The van der Waals surface area contributed by atoms with E-state index in [1.165, 1.54) is 12.1 Å². The summed E-state index contributed by atoms with van der Waals surface area (Å²) in [5, 5.41) is 31.0. The number of aromatic hydroxyl groups is 1. The Labute approximate surface area is 236 Å². The van der Waals surface area contributed by atoms with Crippen LogP contribution in [0.15, 0.2) is 54.7 Å². The number of fused-ring (bicyclic) bond motifs is 1. The van der Waals surface area contributed by atoms with Gasteiger partial charge in [0, 0.05) is 35.7 Å². The second-order valence-electron chi connectivity index (χ2n) is 9.79. The lowest BCUT2D eigenvalue weighted by Gasteiger charge is -2.25. The lowest BCUT2D eigenvalue weighted by atomic mass is 10.0. The molecule has 1 aliphatic rings. The van der Waals surface area contributed by atoms with Crippen LogP contribution in [0.3, 0.4) is 0 Å². The number of nitrogens with one attached hydrogen (secondary N) is 5. The monoisotopic (exact) mass is 567 g/mol. The number of carboxylic acid groups (broad SMARTS) is 1. The van der Waals surface area contributed by atoms with Crippen molar-refractivity contribution in [2.24, 2.45) is 0 Å². The molecule has 4 unspecified atom stereocenters. The third-order valence-corrected chi connectivity index (χ3v) is 7.28. The predicted octanol–water partition coefficient (Wildman–Crippen LogP) is 0.879. The highest BCUT2D eigenvalue weighted by Crippen LogP contribution is 2.20. The first kappa shape index (κ1) is 29.0. The van der Waals surface area contributed by atoms with Crippen molar-refractivity contribution in [3.05, 3.63) is 65.9 Å². The van der Waals surface area contributed by atoms with E-state index in [0.29, 0.717) is 18.5 Å². The van der Waals surface area contributed by atoms with Gasteiger partial charge in [0.05, 0.1) is 6.04 Å². The normalized spacial score (nSPS) is 17.1. The molecule has 0 aliphatic carbocycles. The minimum absolute atomic E-state index is 0.0663. The molecule has 4 rings (SSSR count). The minimum Gasteiger partial charge on any atom is -0.508 e. The van der Waals surface area contributed by atoms with Gasteiger partial charge in [-0.1, -0.05) is 30.3 Å². The molecule has 2 heterocycles. The number of para-hydroxylation sites is 1. The highest BCUT2D eigenvalue weighted by Gasteiger charge is 2.32. The van der Waals surface area contributed by atoms with Crippen LogP contribution in [-0.4, -0.2) is 75.4 Å². The Morgan fingerprint density at radius 1 is 0.925 bits per heavy atom. The number of phenols is 1. The van der Waals surface area contributed by atoms with Crippen LogP contribution in [0, 0.1) is 0 Å². The zero-order valence-electron chi connectivity index (χ0n) is 21.7. The van der Waals surface area contributed by atoms with Crippen molar-refractivity contribution < 1.29 is 29.4 Å². The molecule has 212 valence electrons. The molecule has 4 atom stereocenters. The van der Waals surface area contributed by atoms with Crippen LogP contribution in [0.5, 0.6) is 5.75 Å². The number of hydrogen-bond donors (Lipinski definition) is 8. The summed E-state index contributed by atoms with van der Waals surface area (Å²) in [4.78, 5) is 54.6. The molecule has 2 aromatic carbocycles. The fourth-order valence-electron chi connectivity index (χ4n) is 4.72. The molecule has 0 radical (unpaired) electrons. The highest BCUT2D eigenvalue weighted by atomic mass is 32.1. The Hall–Kier alpha value is -4.03. The number of H-pyrrole nitrogens is 1. The van der Waals surface area contributed by atoms with Crippen LogP contribution in [0.25, 0.3) is 10.9 Å². The molecule has 11 nitrogen and oxygen atoms in total. The number of carbonyl (C=O) groups is 4. The third-order valence-electron chi connectivity index (χ3n) is 6.92. The van der Waals surface area contributed by atoms with Gasteiger partial charge >= 0.3 is 5.97 Å². The van der Waals surface area contributed by atoms with Crippen LogP contribution in [0.4, 0.5) is 0 Å². The molecule has 1 fully saturated rings. The van der Waals surface area contributed by atoms with E-state index < -0.39 is 42.0 Å². The van der Waals surface area contributed by atoms with Crippen molar-refractivity contribution in [2.75, 3.05) is 12.3 Å². The van der Waals surface area contributed by atoms with Crippen molar-refractivity contribution in [1.82, 2.24) is 26.3 Å². The Kier molecular flexibility index (Phi) is 9.67. The number of rotatable bonds is 12. The van der Waals surface area contributed by atoms with Crippen molar-refractivity contribution in [3.63, 3.8) is 0 Å². The summed E-state index contributed by atoms with van der Waals surface area (Å²) < 4.78 is 0. The standard InChI is InChI=1S/C28H33N5O6S/c34-18-9-7-16(8-10-18)12-22(31-25(35)21-6-3-11-29-21)26(36)32-23(27(37)33-24(15-40)28(38)39)13-17-14-30-20-5-2-1-4-19(17)20/h1-2,4-5,7-10,14,21-24,29-30,34,40H,3,6,11-13,15H2,(H,31,35)(H,32,36)(H,33,37)(H,38,39).